The molecule has 2 unspecified atom stereocenters. The maximum absolute atomic E-state index is 12.0. The minimum Gasteiger partial charge on any atom is -0.469 e. The van der Waals surface area contributed by atoms with Crippen LogP contribution in [0.5, 0.6) is 0 Å². The van der Waals surface area contributed by atoms with Gasteiger partial charge in [-0.1, -0.05) is 0 Å². The van der Waals surface area contributed by atoms with E-state index in [2.05, 4.69) is 10.1 Å². The average Bonchev–Trinajstić information content (AvgIpc) is 3.12. The molecule has 1 heterocycles. The molecule has 106 valence electrons. The van der Waals surface area contributed by atoms with Crippen molar-refractivity contribution in [3.8, 4) is 0 Å². The van der Waals surface area contributed by atoms with Crippen molar-refractivity contribution < 1.29 is 19.1 Å². The molecule has 6 heteroatoms. The van der Waals surface area contributed by atoms with E-state index in [4.69, 9.17) is 0 Å². The van der Waals surface area contributed by atoms with Crippen LogP contribution in [0.25, 0.3) is 0 Å². The lowest BCUT2D eigenvalue weighted by Crippen LogP contribution is -2.39. The fourth-order valence-corrected chi connectivity index (χ4v) is 2.39. The van der Waals surface area contributed by atoms with Crippen molar-refractivity contribution in [3.63, 3.8) is 0 Å². The van der Waals surface area contributed by atoms with E-state index in [9.17, 15) is 14.4 Å². The molecule has 2 atom stereocenters. The highest BCUT2D eigenvalue weighted by Gasteiger charge is 2.41. The summed E-state index contributed by atoms with van der Waals surface area (Å²) in [6, 6.07) is 0.0859. The van der Waals surface area contributed by atoms with Gasteiger partial charge in [-0.25, -0.2) is 0 Å². The first-order chi connectivity index (χ1) is 9.01. The second kappa shape index (κ2) is 5.59. The van der Waals surface area contributed by atoms with Crippen molar-refractivity contribution >= 4 is 17.8 Å². The van der Waals surface area contributed by atoms with Crippen LogP contribution in [-0.2, 0) is 19.1 Å². The molecule has 0 bridgehead atoms. The third-order valence-electron chi connectivity index (χ3n) is 3.61. The van der Waals surface area contributed by atoms with Gasteiger partial charge in [-0.3, -0.25) is 14.4 Å². The van der Waals surface area contributed by atoms with Crippen LogP contribution in [0.4, 0.5) is 0 Å². The molecular formula is C13H20N2O4. The molecule has 0 radical (unpaired) electrons. The Bertz CT molecular complexity index is 392. The summed E-state index contributed by atoms with van der Waals surface area (Å²) in [5.74, 6) is -0.709. The molecule has 2 aliphatic rings. The predicted molar refractivity (Wildman–Crippen MR) is 67.1 cm³/mol. The molecule has 19 heavy (non-hydrogen) atoms. The molecule has 1 N–H and O–H groups in total. The van der Waals surface area contributed by atoms with E-state index in [0.29, 0.717) is 12.6 Å². The van der Waals surface area contributed by atoms with Crippen LogP contribution in [0.1, 0.15) is 32.6 Å². The first-order valence-corrected chi connectivity index (χ1v) is 6.68. The summed E-state index contributed by atoms with van der Waals surface area (Å²) in [7, 11) is 1.32. The number of carbonyl (C=O) groups is 3. The number of nitrogens with one attached hydrogen (secondary N) is 1. The van der Waals surface area contributed by atoms with Gasteiger partial charge in [0.15, 0.2) is 0 Å². The smallest absolute Gasteiger partial charge is 0.307 e. The van der Waals surface area contributed by atoms with E-state index in [1.165, 1.54) is 7.11 Å². The molecule has 1 aliphatic heterocycles. The highest BCUT2D eigenvalue weighted by molar-refractivity contribution is 5.89. The number of methoxy groups -OCH3 is 1. The summed E-state index contributed by atoms with van der Waals surface area (Å²) < 4.78 is 4.55. The second-order valence-corrected chi connectivity index (χ2v) is 5.37. The molecule has 2 rings (SSSR count). The zero-order valence-corrected chi connectivity index (χ0v) is 11.3. The molecule has 0 aromatic heterocycles. The monoisotopic (exact) mass is 268 g/mol. The normalized spacial score (nSPS) is 24.2. The standard InChI is InChI=1S/C13H20N2O4/c1-8(5-12(17)19-2)14-13(18)9-6-11(16)15(7-9)10-3-4-10/h8-10H,3-7H2,1-2H3,(H,14,18). The minimum atomic E-state index is -0.352. The number of carbonyl (C=O) groups excluding carboxylic acids is 3. The summed E-state index contributed by atoms with van der Waals surface area (Å²) in [5, 5.41) is 2.77. The van der Waals surface area contributed by atoms with E-state index < -0.39 is 0 Å². The number of hydrogen-bond donors (Lipinski definition) is 1. The minimum absolute atomic E-state index is 0.0725. The topological polar surface area (TPSA) is 75.7 Å². The van der Waals surface area contributed by atoms with Crippen molar-refractivity contribution in [1.82, 2.24) is 10.2 Å². The number of rotatable bonds is 5. The molecular weight excluding hydrogens is 248 g/mol. The van der Waals surface area contributed by atoms with Crippen LogP contribution in [0.3, 0.4) is 0 Å². The first-order valence-electron chi connectivity index (χ1n) is 6.68. The molecule has 0 aromatic carbocycles. The first kappa shape index (κ1) is 13.8. The quantitative estimate of drug-likeness (QED) is 0.716. The van der Waals surface area contributed by atoms with Gasteiger partial charge >= 0.3 is 5.97 Å². The summed E-state index contributed by atoms with van der Waals surface area (Å²) in [4.78, 5) is 36.7. The molecule has 1 saturated heterocycles. The Morgan fingerprint density at radius 2 is 2.16 bits per heavy atom. The molecule has 6 nitrogen and oxygen atoms in total. The summed E-state index contributed by atoms with van der Waals surface area (Å²) in [6.07, 6.45) is 2.54. The Morgan fingerprint density at radius 3 is 2.74 bits per heavy atom. The largest absolute Gasteiger partial charge is 0.469 e. The highest BCUT2D eigenvalue weighted by Crippen LogP contribution is 2.32. The van der Waals surface area contributed by atoms with Crippen LogP contribution in [0, 0.1) is 5.92 Å². The predicted octanol–water partition coefficient (Wildman–Crippen LogP) is 0.0651. The van der Waals surface area contributed by atoms with Crippen LogP contribution in [-0.4, -0.2) is 48.4 Å². The van der Waals surface area contributed by atoms with E-state index in [-0.39, 0.29) is 42.6 Å². The van der Waals surface area contributed by atoms with Crippen molar-refractivity contribution in [2.45, 2.75) is 44.7 Å². The third-order valence-corrected chi connectivity index (χ3v) is 3.61. The number of nitrogens with zero attached hydrogens (tertiary/aromatic N) is 1. The third kappa shape index (κ3) is 3.45. The second-order valence-electron chi connectivity index (χ2n) is 5.37. The van der Waals surface area contributed by atoms with E-state index >= 15 is 0 Å². The Kier molecular flexibility index (Phi) is 4.07. The van der Waals surface area contributed by atoms with Gasteiger partial charge in [0, 0.05) is 25.0 Å². The maximum atomic E-state index is 12.0. The van der Waals surface area contributed by atoms with Crippen LogP contribution in [0.2, 0.25) is 0 Å². The van der Waals surface area contributed by atoms with Gasteiger partial charge in [0.1, 0.15) is 0 Å². The van der Waals surface area contributed by atoms with Gasteiger partial charge < -0.3 is 15.0 Å². The van der Waals surface area contributed by atoms with Crippen LogP contribution < -0.4 is 5.32 Å². The van der Waals surface area contributed by atoms with Gasteiger partial charge in [0.25, 0.3) is 0 Å². The van der Waals surface area contributed by atoms with Gasteiger partial charge in [-0.05, 0) is 19.8 Å². The highest BCUT2D eigenvalue weighted by atomic mass is 16.5. The zero-order valence-electron chi connectivity index (χ0n) is 11.3. The van der Waals surface area contributed by atoms with Crippen molar-refractivity contribution in [1.29, 1.82) is 0 Å². The lowest BCUT2D eigenvalue weighted by molar-refractivity contribution is -0.141. The molecule has 2 fully saturated rings. The van der Waals surface area contributed by atoms with Crippen molar-refractivity contribution in [3.05, 3.63) is 0 Å². The molecule has 2 amide bonds. The SMILES string of the molecule is COC(=O)CC(C)NC(=O)C1CC(=O)N(C2CC2)C1. The van der Waals surface area contributed by atoms with E-state index in [1.54, 1.807) is 6.92 Å². The fourth-order valence-electron chi connectivity index (χ4n) is 2.39. The number of amides is 2. The summed E-state index contributed by atoms with van der Waals surface area (Å²) in [6.45, 7) is 2.27. The zero-order chi connectivity index (χ0) is 14.0. The number of esters is 1. The Balaban J connectivity index is 1.80. The molecule has 1 aliphatic carbocycles. The Hall–Kier alpha value is -1.59. The lowest BCUT2D eigenvalue weighted by Gasteiger charge is -2.17. The summed E-state index contributed by atoms with van der Waals surface area (Å²) >= 11 is 0. The summed E-state index contributed by atoms with van der Waals surface area (Å²) in [5.41, 5.74) is 0. The fraction of sp³-hybridized carbons (Fsp3) is 0.769. The number of ether oxygens (including phenoxy) is 1. The molecule has 1 saturated carbocycles. The van der Waals surface area contributed by atoms with E-state index in [1.807, 2.05) is 4.90 Å². The van der Waals surface area contributed by atoms with Gasteiger partial charge in [0.05, 0.1) is 19.4 Å². The number of likely N-dealkylation sites (tertiary alicyclic amines) is 1. The average molecular weight is 268 g/mol. The van der Waals surface area contributed by atoms with Gasteiger partial charge in [0.2, 0.25) is 11.8 Å². The molecule has 0 aromatic rings. The van der Waals surface area contributed by atoms with Crippen molar-refractivity contribution in [2.24, 2.45) is 5.92 Å². The Morgan fingerprint density at radius 1 is 1.47 bits per heavy atom. The maximum Gasteiger partial charge on any atom is 0.307 e. The molecule has 0 spiro atoms. The van der Waals surface area contributed by atoms with Gasteiger partial charge in [-0.15, -0.1) is 0 Å². The Labute approximate surface area is 112 Å². The van der Waals surface area contributed by atoms with Gasteiger partial charge in [-0.2, -0.15) is 0 Å². The van der Waals surface area contributed by atoms with Crippen molar-refractivity contribution in [2.75, 3.05) is 13.7 Å². The van der Waals surface area contributed by atoms with E-state index in [0.717, 1.165) is 12.8 Å². The number of hydrogen-bond acceptors (Lipinski definition) is 4. The lowest BCUT2D eigenvalue weighted by atomic mass is 10.1. The van der Waals surface area contributed by atoms with Crippen LogP contribution in [0.15, 0.2) is 0 Å². The van der Waals surface area contributed by atoms with Crippen LogP contribution >= 0.6 is 0 Å².